The Morgan fingerprint density at radius 1 is 1.19 bits per heavy atom. The van der Waals surface area contributed by atoms with Crippen molar-refractivity contribution < 1.29 is 14.9 Å². The number of ether oxygens (including phenoxy) is 1. The molecule has 2 aliphatic rings. The second kappa shape index (κ2) is 14.1. The van der Waals surface area contributed by atoms with Crippen molar-refractivity contribution in [2.24, 2.45) is 11.7 Å². The van der Waals surface area contributed by atoms with Crippen LogP contribution in [0, 0.1) is 12.5 Å². The van der Waals surface area contributed by atoms with Gasteiger partial charge in [-0.25, -0.2) is 19.8 Å². The van der Waals surface area contributed by atoms with E-state index in [2.05, 4.69) is 82.8 Å². The molecule has 1 aliphatic heterocycles. The number of aryl methyl sites for hydroxylation is 1. The lowest BCUT2D eigenvalue weighted by atomic mass is 9.76. The van der Waals surface area contributed by atoms with E-state index < -0.39 is 24.5 Å². The van der Waals surface area contributed by atoms with Crippen LogP contribution in [-0.2, 0) is 16.6 Å². The number of nitrogens with zero attached hydrogens (tertiary/aromatic N) is 6. The molecule has 12 heteroatoms. The van der Waals surface area contributed by atoms with Crippen LogP contribution in [0.5, 0.6) is 0 Å². The monoisotopic (exact) mass is 657 g/mol. The summed E-state index contributed by atoms with van der Waals surface area (Å²) in [4.78, 5) is 23.3. The number of aromatic amines is 1. The summed E-state index contributed by atoms with van der Waals surface area (Å²) >= 11 is 0. The fraction of sp³-hybridized carbons (Fsp3) is 0.611. The Morgan fingerprint density at radius 3 is 2.69 bits per heavy atom. The highest BCUT2D eigenvalue weighted by Crippen LogP contribution is 2.41. The number of aliphatic hydroxyl groups is 2. The van der Waals surface area contributed by atoms with E-state index in [1.807, 2.05) is 0 Å². The van der Waals surface area contributed by atoms with Crippen molar-refractivity contribution in [1.29, 1.82) is 0 Å². The van der Waals surface area contributed by atoms with Gasteiger partial charge in [-0.15, -0.1) is 0 Å². The first-order valence-corrected chi connectivity index (χ1v) is 17.4. The van der Waals surface area contributed by atoms with Crippen LogP contribution in [0.3, 0.4) is 0 Å². The van der Waals surface area contributed by atoms with Crippen LogP contribution in [0.15, 0.2) is 30.7 Å². The van der Waals surface area contributed by atoms with Gasteiger partial charge in [0.15, 0.2) is 6.23 Å². The lowest BCUT2D eigenvalue weighted by molar-refractivity contribution is -0.0618. The van der Waals surface area contributed by atoms with Gasteiger partial charge < -0.3 is 35.6 Å². The summed E-state index contributed by atoms with van der Waals surface area (Å²) < 4.78 is 8.06. The first kappa shape index (κ1) is 34.3. The molecule has 4 atom stereocenters. The second-order valence-corrected chi connectivity index (χ2v) is 14.9. The quantitative estimate of drug-likeness (QED) is 0.0982. The van der Waals surface area contributed by atoms with Crippen molar-refractivity contribution in [3.05, 3.63) is 53.5 Å². The molecule has 0 radical (unpaired) electrons. The first-order chi connectivity index (χ1) is 23.0. The average molecular weight is 658 g/mol. The Morgan fingerprint density at radius 2 is 1.98 bits per heavy atom. The molecule has 0 amide bonds. The summed E-state index contributed by atoms with van der Waals surface area (Å²) in [7, 11) is 0. The zero-order chi connectivity index (χ0) is 34.2. The number of rotatable bonds is 13. The average Bonchev–Trinajstić information content (AvgIpc) is 3.70. The number of hydrogen-bond donors (Lipinski definition) is 5. The van der Waals surface area contributed by atoms with Gasteiger partial charge in [-0.2, -0.15) is 0 Å². The molecule has 3 aromatic heterocycles. The molecule has 1 aromatic carbocycles. The van der Waals surface area contributed by atoms with E-state index in [1.165, 1.54) is 11.9 Å². The minimum atomic E-state index is -1.17. The molecule has 1 aliphatic carbocycles. The normalized spacial score (nSPS) is 24.5. The van der Waals surface area contributed by atoms with Gasteiger partial charge in [0.05, 0.1) is 23.0 Å². The van der Waals surface area contributed by atoms with Gasteiger partial charge in [-0.3, -0.25) is 4.90 Å². The van der Waals surface area contributed by atoms with Crippen molar-refractivity contribution >= 4 is 33.6 Å². The third kappa shape index (κ3) is 6.93. The number of benzene rings is 1. The zero-order valence-corrected chi connectivity index (χ0v) is 28.9. The molecule has 4 aromatic rings. The maximum atomic E-state index is 11.2. The van der Waals surface area contributed by atoms with Gasteiger partial charge in [-0.05, 0) is 81.5 Å². The summed E-state index contributed by atoms with van der Waals surface area (Å²) in [6, 6.07) is 7.15. The maximum absolute atomic E-state index is 11.2. The van der Waals surface area contributed by atoms with Crippen LogP contribution < -0.4 is 11.1 Å². The fourth-order valence-corrected chi connectivity index (χ4v) is 7.25. The summed E-state index contributed by atoms with van der Waals surface area (Å²) in [6.07, 6.45) is 5.27. The van der Waals surface area contributed by atoms with Gasteiger partial charge in [-0.1, -0.05) is 26.8 Å². The number of unbranched alkanes of at least 4 members (excludes halogenated alkanes) is 1. The van der Waals surface area contributed by atoms with Gasteiger partial charge in [0, 0.05) is 37.8 Å². The summed E-state index contributed by atoms with van der Waals surface area (Å²) in [5, 5.41) is 26.3. The molecule has 1 saturated heterocycles. The van der Waals surface area contributed by atoms with Crippen LogP contribution in [0.2, 0.25) is 0 Å². The zero-order valence-electron chi connectivity index (χ0n) is 28.9. The molecule has 4 heterocycles. The van der Waals surface area contributed by atoms with E-state index in [0.29, 0.717) is 54.1 Å². The number of hydrogen-bond acceptors (Lipinski definition) is 9. The number of H-pyrrole nitrogens is 1. The predicted octanol–water partition coefficient (Wildman–Crippen LogP) is 5.05. The lowest BCUT2D eigenvalue weighted by Crippen LogP contribution is -2.52. The molecule has 2 fully saturated rings. The highest BCUT2D eigenvalue weighted by atomic mass is 16.6. The predicted molar refractivity (Wildman–Crippen MR) is 188 cm³/mol. The first-order valence-electron chi connectivity index (χ1n) is 17.4. The van der Waals surface area contributed by atoms with Crippen LogP contribution in [0.25, 0.3) is 26.9 Å². The number of aromatic nitrogens is 5. The molecular weight excluding hydrogens is 606 g/mol. The third-order valence-corrected chi connectivity index (χ3v) is 10.2. The molecule has 1 unspecified atom stereocenters. The molecule has 6 N–H and O–H groups in total. The summed E-state index contributed by atoms with van der Waals surface area (Å²) in [6.45, 7) is 20.6. The Hall–Kier alpha value is -3.60. The SMILES string of the molecule is [C-]#[N+]c1cn([C@@H]2O[C@H](CN(C(C)C)C3CC(CCc4nc5ccc(C(C)(C)C)cc5[nH]4)C3)C(O)[C@@H]2O)c2ncnc(NCCCCN)c12. The molecule has 0 bridgehead atoms. The molecule has 1 saturated carbocycles. The van der Waals surface area contributed by atoms with E-state index in [1.54, 1.807) is 10.8 Å². The number of nitrogens with one attached hydrogen (secondary N) is 2. The van der Waals surface area contributed by atoms with Gasteiger partial charge in [0.25, 0.3) is 0 Å². The molecule has 48 heavy (non-hydrogen) atoms. The van der Waals surface area contributed by atoms with E-state index in [9.17, 15) is 10.2 Å². The lowest BCUT2D eigenvalue weighted by Gasteiger charge is -2.46. The molecule has 12 nitrogen and oxygen atoms in total. The van der Waals surface area contributed by atoms with Crippen molar-refractivity contribution in [3.63, 3.8) is 0 Å². The number of nitrogens with two attached hydrogens (primary N) is 1. The maximum Gasteiger partial charge on any atom is 0.217 e. The summed E-state index contributed by atoms with van der Waals surface area (Å²) in [5.41, 5.74) is 10.00. The highest BCUT2D eigenvalue weighted by molar-refractivity contribution is 5.99. The minimum absolute atomic E-state index is 0.0981. The van der Waals surface area contributed by atoms with Crippen LogP contribution in [0.4, 0.5) is 11.5 Å². The Balaban J connectivity index is 1.08. The summed E-state index contributed by atoms with van der Waals surface area (Å²) in [5.74, 6) is 2.21. The second-order valence-electron chi connectivity index (χ2n) is 14.9. The van der Waals surface area contributed by atoms with Gasteiger partial charge >= 0.3 is 0 Å². The van der Waals surface area contributed by atoms with Crippen LogP contribution in [-0.4, -0.2) is 89.6 Å². The van der Waals surface area contributed by atoms with Crippen LogP contribution in [0.1, 0.15) is 84.3 Å². The highest BCUT2D eigenvalue weighted by Gasteiger charge is 2.46. The minimum Gasteiger partial charge on any atom is -0.387 e. The van der Waals surface area contributed by atoms with Crippen molar-refractivity contribution in [2.45, 2.75) is 115 Å². The standard InChI is InChI=1S/C36H51N9O3/c1-21(2)44(24-15-22(16-24)9-12-29-42-25-11-10-23(36(3,4)5)17-26(25)43-29)19-28-31(46)32(47)35(48-28)45-18-27(38-6)30-33(39-14-8-7-13-37)40-20-41-34(30)45/h10-11,17-18,20-22,24,28,31-32,35,46-47H,7-9,12-16,19,37H2,1-5H3,(H,42,43)(H,39,40,41)/t22?,24?,28-,31?,32+,35-/m1/s1. The molecule has 258 valence electrons. The topological polar surface area (TPSA) is 155 Å². The van der Waals surface area contributed by atoms with Crippen molar-refractivity contribution in [3.8, 4) is 0 Å². The Bertz CT molecular complexity index is 1750. The van der Waals surface area contributed by atoms with E-state index in [0.717, 1.165) is 55.4 Å². The van der Waals surface area contributed by atoms with Gasteiger partial charge in [0.1, 0.15) is 41.9 Å². The largest absolute Gasteiger partial charge is 0.387 e. The smallest absolute Gasteiger partial charge is 0.217 e. The number of imidazole rings is 1. The number of anilines is 1. The Labute approximate surface area is 282 Å². The van der Waals surface area contributed by atoms with Crippen molar-refractivity contribution in [2.75, 3.05) is 25.0 Å². The van der Waals surface area contributed by atoms with Crippen LogP contribution >= 0.6 is 0 Å². The number of aliphatic hydroxyl groups excluding tert-OH is 2. The van der Waals surface area contributed by atoms with Crippen molar-refractivity contribution in [1.82, 2.24) is 29.4 Å². The van der Waals surface area contributed by atoms with E-state index in [4.69, 9.17) is 22.0 Å². The molecule has 6 rings (SSSR count). The van der Waals surface area contributed by atoms with E-state index in [-0.39, 0.29) is 11.5 Å². The van der Waals surface area contributed by atoms with E-state index >= 15 is 0 Å². The fourth-order valence-electron chi connectivity index (χ4n) is 7.25. The Kier molecular flexibility index (Phi) is 10.1. The van der Waals surface area contributed by atoms with Gasteiger partial charge in [0.2, 0.25) is 5.69 Å². The molecule has 0 spiro atoms. The third-order valence-electron chi connectivity index (χ3n) is 10.2. The number of fused-ring (bicyclic) bond motifs is 2. The molecular formula is C36H51N9O3.